The van der Waals surface area contributed by atoms with E-state index in [1.54, 1.807) is 11.3 Å². The van der Waals surface area contributed by atoms with Gasteiger partial charge in [0.25, 0.3) is 5.91 Å². The van der Waals surface area contributed by atoms with Crippen molar-refractivity contribution < 1.29 is 14.5 Å². The Labute approximate surface area is 149 Å². The van der Waals surface area contributed by atoms with Crippen LogP contribution in [-0.2, 0) is 11.3 Å². The van der Waals surface area contributed by atoms with Crippen molar-refractivity contribution >= 4 is 39.2 Å². The lowest BCUT2D eigenvalue weighted by Gasteiger charge is -2.24. The fraction of sp³-hybridized carbons (Fsp3) is 0.625. The second kappa shape index (κ2) is 8.80. The Morgan fingerprint density at radius 2 is 2.04 bits per heavy atom. The molecule has 5 nitrogen and oxygen atoms in total. The molecule has 1 aromatic rings. The summed E-state index contributed by atoms with van der Waals surface area (Å²) < 4.78 is 1.09. The fourth-order valence-electron chi connectivity index (χ4n) is 2.79. The predicted molar refractivity (Wildman–Crippen MR) is 95.6 cm³/mol. The van der Waals surface area contributed by atoms with Crippen LogP contribution in [0, 0.1) is 0 Å². The zero-order valence-electron chi connectivity index (χ0n) is 13.7. The molecular formula is C16H25BrN3O2S+. The number of thiophene rings is 1. The van der Waals surface area contributed by atoms with Crippen LogP contribution < -0.4 is 15.5 Å². The summed E-state index contributed by atoms with van der Waals surface area (Å²) in [6, 6.07) is 3.63. The molecule has 3 N–H and O–H groups in total. The molecule has 0 saturated heterocycles. The summed E-state index contributed by atoms with van der Waals surface area (Å²) in [7, 11) is 1.97. The predicted octanol–water partition coefficient (Wildman–Crippen LogP) is 2.07. The molecule has 0 radical (unpaired) electrons. The van der Waals surface area contributed by atoms with E-state index in [1.807, 2.05) is 20.0 Å². The number of halogens is 1. The number of carbonyl (C=O) groups excluding carboxylic acids is 2. The third kappa shape index (κ3) is 5.90. The Bertz CT molecular complexity index is 543. The van der Waals surface area contributed by atoms with Crippen LogP contribution in [0.4, 0.5) is 4.79 Å². The van der Waals surface area contributed by atoms with Gasteiger partial charge in [0.2, 0.25) is 0 Å². The molecule has 7 heteroatoms. The monoisotopic (exact) mass is 402 g/mol. The van der Waals surface area contributed by atoms with Gasteiger partial charge in [-0.2, -0.15) is 0 Å². The number of imide groups is 1. The molecule has 1 aliphatic rings. The van der Waals surface area contributed by atoms with Crippen molar-refractivity contribution in [3.8, 4) is 0 Å². The lowest BCUT2D eigenvalue weighted by atomic mass is 9.96. The lowest BCUT2D eigenvalue weighted by Crippen LogP contribution is -3.12. The second-order valence-corrected chi connectivity index (χ2v) is 8.80. The highest BCUT2D eigenvalue weighted by Crippen LogP contribution is 2.21. The summed E-state index contributed by atoms with van der Waals surface area (Å²) >= 11 is 5.11. The topological polar surface area (TPSA) is 62.6 Å². The molecule has 0 spiro atoms. The molecule has 23 heavy (non-hydrogen) atoms. The largest absolute Gasteiger partial charge is 0.335 e. The van der Waals surface area contributed by atoms with Crippen LogP contribution in [0.5, 0.6) is 0 Å². The fourth-order valence-corrected chi connectivity index (χ4v) is 4.37. The van der Waals surface area contributed by atoms with Gasteiger partial charge in [-0.15, -0.1) is 11.3 Å². The number of amides is 3. The van der Waals surface area contributed by atoms with Gasteiger partial charge in [-0.05, 0) is 47.8 Å². The van der Waals surface area contributed by atoms with E-state index in [-0.39, 0.29) is 24.0 Å². The molecule has 1 aliphatic carbocycles. The lowest BCUT2D eigenvalue weighted by molar-refractivity contribution is -0.907. The van der Waals surface area contributed by atoms with Crippen LogP contribution in [0.3, 0.4) is 0 Å². The van der Waals surface area contributed by atoms with Crippen LogP contribution in [0.25, 0.3) is 0 Å². The van der Waals surface area contributed by atoms with Crippen molar-refractivity contribution in [3.05, 3.63) is 20.8 Å². The Morgan fingerprint density at radius 3 is 2.65 bits per heavy atom. The molecule has 1 unspecified atom stereocenters. The van der Waals surface area contributed by atoms with Crippen molar-refractivity contribution in [1.82, 2.24) is 10.6 Å². The van der Waals surface area contributed by atoms with E-state index in [2.05, 4.69) is 32.6 Å². The number of likely N-dealkylation sites (N-methyl/N-ethyl adjacent to an activating group) is 1. The Morgan fingerprint density at radius 1 is 1.35 bits per heavy atom. The summed E-state index contributed by atoms with van der Waals surface area (Å²) in [5.74, 6) is -0.230. The van der Waals surface area contributed by atoms with Crippen molar-refractivity contribution in [2.75, 3.05) is 7.05 Å². The van der Waals surface area contributed by atoms with E-state index < -0.39 is 0 Å². The number of urea groups is 1. The van der Waals surface area contributed by atoms with Gasteiger partial charge in [0.15, 0.2) is 6.04 Å². The highest BCUT2D eigenvalue weighted by Gasteiger charge is 2.25. The number of rotatable bonds is 5. The number of quaternary nitrogens is 1. The molecule has 3 amide bonds. The smallest absolute Gasteiger partial charge is 0.321 e. The molecule has 0 aromatic carbocycles. The van der Waals surface area contributed by atoms with E-state index in [0.29, 0.717) is 0 Å². The van der Waals surface area contributed by atoms with Gasteiger partial charge in [0.05, 0.1) is 15.7 Å². The van der Waals surface area contributed by atoms with E-state index in [4.69, 9.17) is 0 Å². The SMILES string of the molecule is C[C@@H](C(=O)NC(=O)NC1CCCCC1)[NH+](C)Cc1ccc(Br)s1. The summed E-state index contributed by atoms with van der Waals surface area (Å²) in [6.07, 6.45) is 5.56. The first-order valence-electron chi connectivity index (χ1n) is 8.13. The van der Waals surface area contributed by atoms with Crippen LogP contribution in [-0.4, -0.2) is 31.1 Å². The average Bonchev–Trinajstić information content (AvgIpc) is 2.92. The minimum absolute atomic E-state index is 0.209. The standard InChI is InChI=1S/C16H24BrN3O2S/c1-11(20(2)10-13-8-9-14(17)23-13)15(21)19-16(22)18-12-6-4-3-5-7-12/h8-9,11-12H,3-7,10H2,1-2H3,(H2,18,19,21,22)/p+1/t11-/m0/s1. The van der Waals surface area contributed by atoms with Crippen molar-refractivity contribution in [2.24, 2.45) is 0 Å². The van der Waals surface area contributed by atoms with Gasteiger partial charge in [-0.25, -0.2) is 4.79 Å². The molecule has 1 saturated carbocycles. The molecule has 0 bridgehead atoms. The van der Waals surface area contributed by atoms with Crippen molar-refractivity contribution in [1.29, 1.82) is 0 Å². The minimum Gasteiger partial charge on any atom is -0.335 e. The third-order valence-corrected chi connectivity index (χ3v) is 6.02. The maximum atomic E-state index is 12.2. The maximum absolute atomic E-state index is 12.2. The molecule has 1 heterocycles. The highest BCUT2D eigenvalue weighted by molar-refractivity contribution is 9.11. The quantitative estimate of drug-likeness (QED) is 0.705. The molecule has 1 fully saturated rings. The van der Waals surface area contributed by atoms with Crippen LogP contribution >= 0.6 is 27.3 Å². The minimum atomic E-state index is -0.361. The summed E-state index contributed by atoms with van der Waals surface area (Å²) in [6.45, 7) is 2.61. The summed E-state index contributed by atoms with van der Waals surface area (Å²) in [4.78, 5) is 26.5. The zero-order chi connectivity index (χ0) is 16.8. The van der Waals surface area contributed by atoms with E-state index in [0.717, 1.165) is 40.9 Å². The molecular weight excluding hydrogens is 378 g/mol. The molecule has 2 rings (SSSR count). The maximum Gasteiger partial charge on any atom is 0.321 e. The van der Waals surface area contributed by atoms with Gasteiger partial charge in [0, 0.05) is 6.04 Å². The first-order valence-corrected chi connectivity index (χ1v) is 9.74. The number of nitrogens with one attached hydrogen (secondary N) is 3. The van der Waals surface area contributed by atoms with Crippen molar-refractivity contribution in [3.63, 3.8) is 0 Å². The Kier molecular flexibility index (Phi) is 7.05. The van der Waals surface area contributed by atoms with Gasteiger partial charge >= 0.3 is 6.03 Å². The van der Waals surface area contributed by atoms with Crippen molar-refractivity contribution in [2.45, 2.75) is 57.7 Å². The second-order valence-electron chi connectivity index (χ2n) is 6.25. The summed E-state index contributed by atoms with van der Waals surface area (Å²) in [5, 5.41) is 5.40. The third-order valence-electron chi connectivity index (χ3n) is 4.39. The number of carbonyl (C=O) groups is 2. The first kappa shape index (κ1) is 18.4. The van der Waals surface area contributed by atoms with Gasteiger partial charge in [-0.3, -0.25) is 10.1 Å². The van der Waals surface area contributed by atoms with Crippen LogP contribution in [0.2, 0.25) is 0 Å². The van der Waals surface area contributed by atoms with E-state index >= 15 is 0 Å². The molecule has 128 valence electrons. The number of hydrogen-bond acceptors (Lipinski definition) is 3. The normalized spacial score (nSPS) is 18.2. The zero-order valence-corrected chi connectivity index (χ0v) is 16.1. The highest BCUT2D eigenvalue weighted by atomic mass is 79.9. The van der Waals surface area contributed by atoms with Gasteiger partial charge < -0.3 is 10.2 Å². The van der Waals surface area contributed by atoms with Crippen LogP contribution in [0.1, 0.15) is 43.9 Å². The molecule has 1 aromatic heterocycles. The van der Waals surface area contributed by atoms with Gasteiger partial charge in [0.1, 0.15) is 6.54 Å². The van der Waals surface area contributed by atoms with Gasteiger partial charge in [-0.1, -0.05) is 19.3 Å². The number of hydrogen-bond donors (Lipinski definition) is 3. The molecule has 2 atom stereocenters. The first-order chi connectivity index (χ1) is 11.0. The molecule has 0 aliphatic heterocycles. The average molecular weight is 403 g/mol. The summed E-state index contributed by atoms with van der Waals surface area (Å²) in [5.41, 5.74) is 0. The van der Waals surface area contributed by atoms with E-state index in [1.165, 1.54) is 11.3 Å². The van der Waals surface area contributed by atoms with E-state index in [9.17, 15) is 9.59 Å². The van der Waals surface area contributed by atoms with Crippen LogP contribution in [0.15, 0.2) is 15.9 Å². The Hall–Kier alpha value is -0.920. The Balaban J connectivity index is 1.77.